The standard InChI is InChI=1S/C31H25BrCl2F2N4O4/c1-31(30(37)42)12-44-27-18(31)10-21(39-26(27)16-5-6-20(35)23(33)24(16)36)17(13-3-4-13)11-38-29(41)15-7-14-8-19(32)28(34)40-25(14)22(9-15)43-2/h5-10,13,17H,3-4,11-12H2,1-2H3,(H2,37,42)(H,38,41)/t17-,31-/m0/s1. The minimum Gasteiger partial charge on any atom is -0.494 e. The lowest BCUT2D eigenvalue weighted by Gasteiger charge is -2.22. The van der Waals surface area contributed by atoms with Gasteiger partial charge in [-0.25, -0.2) is 18.7 Å². The Morgan fingerprint density at radius 1 is 1.20 bits per heavy atom. The molecule has 13 heteroatoms. The molecule has 6 rings (SSSR count). The highest BCUT2D eigenvalue weighted by molar-refractivity contribution is 9.10. The van der Waals surface area contributed by atoms with Gasteiger partial charge in [0, 0.05) is 40.2 Å². The molecule has 1 fully saturated rings. The first-order chi connectivity index (χ1) is 20.9. The summed E-state index contributed by atoms with van der Waals surface area (Å²) in [6.07, 6.45) is 1.78. The van der Waals surface area contributed by atoms with Crippen LogP contribution in [0.25, 0.3) is 22.2 Å². The number of aromatic nitrogens is 2. The minimum absolute atomic E-state index is 0.0723. The summed E-state index contributed by atoms with van der Waals surface area (Å²) in [6, 6.07) is 9.04. The smallest absolute Gasteiger partial charge is 0.251 e. The predicted octanol–water partition coefficient (Wildman–Crippen LogP) is 6.71. The van der Waals surface area contributed by atoms with Gasteiger partial charge in [0.2, 0.25) is 5.91 Å². The predicted molar refractivity (Wildman–Crippen MR) is 165 cm³/mol. The largest absolute Gasteiger partial charge is 0.494 e. The highest BCUT2D eigenvalue weighted by atomic mass is 79.9. The number of fused-ring (bicyclic) bond motifs is 2. The van der Waals surface area contributed by atoms with Crippen LogP contribution in [-0.2, 0) is 10.2 Å². The van der Waals surface area contributed by atoms with Gasteiger partial charge in [0.25, 0.3) is 5.91 Å². The van der Waals surface area contributed by atoms with Crippen molar-refractivity contribution in [1.29, 1.82) is 0 Å². The summed E-state index contributed by atoms with van der Waals surface area (Å²) >= 11 is 15.4. The van der Waals surface area contributed by atoms with E-state index in [0.29, 0.717) is 37.9 Å². The maximum Gasteiger partial charge on any atom is 0.251 e. The lowest BCUT2D eigenvalue weighted by Crippen LogP contribution is -2.40. The monoisotopic (exact) mass is 704 g/mol. The normalized spacial score (nSPS) is 18.1. The number of carbonyl (C=O) groups excluding carboxylic acids is 2. The van der Waals surface area contributed by atoms with Crippen LogP contribution in [0, 0.1) is 17.6 Å². The lowest BCUT2D eigenvalue weighted by atomic mass is 9.82. The molecule has 0 radical (unpaired) electrons. The number of methoxy groups -OCH3 is 1. The van der Waals surface area contributed by atoms with Crippen LogP contribution in [0.3, 0.4) is 0 Å². The molecule has 0 bridgehead atoms. The number of hydrogen-bond donors (Lipinski definition) is 2. The molecular formula is C31H25BrCl2F2N4O4. The van der Waals surface area contributed by atoms with E-state index in [9.17, 15) is 14.0 Å². The Labute approximate surface area is 269 Å². The Bertz CT molecular complexity index is 1870. The molecule has 44 heavy (non-hydrogen) atoms. The fraction of sp³-hybridized carbons (Fsp3) is 0.290. The molecule has 0 unspecified atom stereocenters. The minimum atomic E-state index is -1.22. The van der Waals surface area contributed by atoms with Gasteiger partial charge in [-0.15, -0.1) is 0 Å². The maximum absolute atomic E-state index is 15.3. The molecule has 1 aliphatic heterocycles. The number of nitrogens with zero attached hydrogens (tertiary/aromatic N) is 2. The van der Waals surface area contributed by atoms with E-state index in [1.807, 2.05) is 0 Å². The zero-order chi connectivity index (χ0) is 31.5. The molecule has 2 aliphatic rings. The zero-order valence-corrected chi connectivity index (χ0v) is 26.5. The number of benzene rings is 2. The molecule has 228 valence electrons. The van der Waals surface area contributed by atoms with E-state index in [1.54, 1.807) is 31.2 Å². The van der Waals surface area contributed by atoms with Crippen LogP contribution in [0.5, 0.6) is 11.5 Å². The molecule has 2 atom stereocenters. The number of primary amides is 1. The van der Waals surface area contributed by atoms with Crippen molar-refractivity contribution >= 4 is 61.8 Å². The fourth-order valence-corrected chi connectivity index (χ4v) is 6.14. The molecule has 1 saturated carbocycles. The Morgan fingerprint density at radius 2 is 1.95 bits per heavy atom. The summed E-state index contributed by atoms with van der Waals surface area (Å²) in [7, 11) is 1.48. The molecule has 0 saturated heterocycles. The number of hydrogen-bond acceptors (Lipinski definition) is 6. The number of rotatable bonds is 8. The summed E-state index contributed by atoms with van der Waals surface area (Å²) < 4.78 is 41.2. The van der Waals surface area contributed by atoms with Crippen LogP contribution in [0.15, 0.2) is 40.9 Å². The Morgan fingerprint density at radius 3 is 2.64 bits per heavy atom. The molecule has 2 aromatic heterocycles. The second kappa shape index (κ2) is 11.4. The topological polar surface area (TPSA) is 116 Å². The molecule has 2 amide bonds. The van der Waals surface area contributed by atoms with Gasteiger partial charge in [-0.2, -0.15) is 0 Å². The van der Waals surface area contributed by atoms with E-state index in [0.717, 1.165) is 18.9 Å². The fourth-order valence-electron chi connectivity index (χ4n) is 5.50. The van der Waals surface area contributed by atoms with Crippen LogP contribution in [0.2, 0.25) is 10.2 Å². The first-order valence-corrected chi connectivity index (χ1v) is 15.2. The molecule has 4 aromatic rings. The number of amides is 2. The average Bonchev–Trinajstić information content (AvgIpc) is 3.78. The maximum atomic E-state index is 15.3. The van der Waals surface area contributed by atoms with Gasteiger partial charge in [-0.3, -0.25) is 9.59 Å². The third-order valence-electron chi connectivity index (χ3n) is 8.26. The number of ether oxygens (including phenoxy) is 2. The quantitative estimate of drug-likeness (QED) is 0.156. The number of pyridine rings is 2. The van der Waals surface area contributed by atoms with Crippen molar-refractivity contribution in [2.24, 2.45) is 11.7 Å². The van der Waals surface area contributed by atoms with Gasteiger partial charge in [0.15, 0.2) is 5.82 Å². The summed E-state index contributed by atoms with van der Waals surface area (Å²) in [5.74, 6) is -2.46. The van der Waals surface area contributed by atoms with E-state index in [4.69, 9.17) is 43.4 Å². The first kappa shape index (κ1) is 30.5. The Kier molecular flexibility index (Phi) is 7.92. The molecule has 1 aliphatic carbocycles. The first-order valence-electron chi connectivity index (χ1n) is 13.7. The third-order valence-corrected chi connectivity index (χ3v) is 9.72. The summed E-state index contributed by atoms with van der Waals surface area (Å²) in [4.78, 5) is 35.1. The Balaban J connectivity index is 1.38. The molecule has 3 heterocycles. The third kappa shape index (κ3) is 5.24. The van der Waals surface area contributed by atoms with Crippen LogP contribution in [0.4, 0.5) is 8.78 Å². The summed E-state index contributed by atoms with van der Waals surface area (Å²) in [5.41, 5.74) is 6.38. The van der Waals surface area contributed by atoms with Crippen molar-refractivity contribution < 1.29 is 27.8 Å². The number of nitrogens with two attached hydrogens (primary N) is 1. The van der Waals surface area contributed by atoms with Crippen molar-refractivity contribution in [2.75, 3.05) is 20.3 Å². The molecule has 8 nitrogen and oxygen atoms in total. The van der Waals surface area contributed by atoms with Crippen molar-refractivity contribution in [1.82, 2.24) is 15.3 Å². The van der Waals surface area contributed by atoms with Crippen LogP contribution in [0.1, 0.15) is 47.3 Å². The van der Waals surface area contributed by atoms with Crippen LogP contribution < -0.4 is 20.5 Å². The number of halogens is 5. The van der Waals surface area contributed by atoms with Gasteiger partial charge in [-0.1, -0.05) is 23.2 Å². The van der Waals surface area contributed by atoms with Gasteiger partial charge in [0.05, 0.1) is 11.6 Å². The molecule has 3 N–H and O–H groups in total. The molecule has 0 spiro atoms. The average molecular weight is 706 g/mol. The van der Waals surface area contributed by atoms with Crippen LogP contribution in [-0.4, -0.2) is 42.0 Å². The van der Waals surface area contributed by atoms with Gasteiger partial charge in [-0.05, 0) is 78.0 Å². The van der Waals surface area contributed by atoms with Crippen molar-refractivity contribution in [3.63, 3.8) is 0 Å². The summed E-state index contributed by atoms with van der Waals surface area (Å²) in [6.45, 7) is 1.76. The highest BCUT2D eigenvalue weighted by Crippen LogP contribution is 2.49. The second-order valence-corrected chi connectivity index (χ2v) is 12.7. The van der Waals surface area contributed by atoms with E-state index in [-0.39, 0.29) is 53.1 Å². The number of carbonyl (C=O) groups is 2. The molecular weight excluding hydrogens is 681 g/mol. The summed E-state index contributed by atoms with van der Waals surface area (Å²) in [5, 5.41) is 3.24. The second-order valence-electron chi connectivity index (χ2n) is 11.1. The van der Waals surface area contributed by atoms with E-state index in [2.05, 4.69) is 26.2 Å². The van der Waals surface area contributed by atoms with Gasteiger partial charge < -0.3 is 20.5 Å². The SMILES string of the molecule is COc1cc(C(=O)NC[C@H](c2cc3c(c(-c4ccc(F)c(Cl)c4F)n2)OC[C@]3(C)C(N)=O)C2CC2)cc2cc(Br)c(Cl)nc12. The van der Waals surface area contributed by atoms with Gasteiger partial charge in [0.1, 0.15) is 50.7 Å². The van der Waals surface area contributed by atoms with Crippen molar-refractivity contribution in [3.05, 3.63) is 79.5 Å². The molecule has 2 aromatic carbocycles. The zero-order valence-electron chi connectivity index (χ0n) is 23.4. The van der Waals surface area contributed by atoms with E-state index in [1.165, 1.54) is 13.2 Å². The van der Waals surface area contributed by atoms with Crippen molar-refractivity contribution in [3.8, 4) is 22.8 Å². The van der Waals surface area contributed by atoms with Gasteiger partial charge >= 0.3 is 0 Å². The number of nitrogens with one attached hydrogen (secondary N) is 1. The van der Waals surface area contributed by atoms with Crippen molar-refractivity contribution in [2.45, 2.75) is 31.1 Å². The van der Waals surface area contributed by atoms with E-state index < -0.39 is 28.0 Å². The van der Waals surface area contributed by atoms with E-state index >= 15 is 4.39 Å². The van der Waals surface area contributed by atoms with Crippen LogP contribution >= 0.6 is 39.1 Å². The Hall–Kier alpha value is -3.54. The lowest BCUT2D eigenvalue weighted by molar-refractivity contribution is -0.123. The highest BCUT2D eigenvalue weighted by Gasteiger charge is 2.45.